The highest BCUT2D eigenvalue weighted by molar-refractivity contribution is 5.82. The number of aryl methyl sites for hydroxylation is 2. The van der Waals surface area contributed by atoms with E-state index in [9.17, 15) is 0 Å². The van der Waals surface area contributed by atoms with E-state index in [1.165, 1.54) is 16.5 Å². The molecule has 0 aliphatic carbocycles. The Morgan fingerprint density at radius 2 is 1.88 bits per heavy atom. The minimum Gasteiger partial charge on any atom is -0.459 e. The third kappa shape index (κ3) is 1.74. The first-order valence-corrected chi connectivity index (χ1v) is 5.76. The summed E-state index contributed by atoms with van der Waals surface area (Å²) >= 11 is 0. The largest absolute Gasteiger partial charge is 0.459 e. The Kier molecular flexibility index (Phi) is 2.76. The number of hydrogen-bond acceptors (Lipinski definition) is 2. The van der Waals surface area contributed by atoms with Gasteiger partial charge in [0.25, 0.3) is 0 Å². The van der Waals surface area contributed by atoms with Gasteiger partial charge in [-0.1, -0.05) is 26.0 Å². The third-order valence-corrected chi connectivity index (χ3v) is 3.15. The molecule has 2 aromatic rings. The number of nitrogens with two attached hydrogens (primary N) is 1. The van der Waals surface area contributed by atoms with Gasteiger partial charge in [-0.05, 0) is 37.0 Å². The molecule has 2 heteroatoms. The van der Waals surface area contributed by atoms with Crippen molar-refractivity contribution in [3.05, 3.63) is 35.1 Å². The van der Waals surface area contributed by atoms with Crippen LogP contribution < -0.4 is 5.73 Å². The van der Waals surface area contributed by atoms with Crippen LogP contribution in [0.5, 0.6) is 0 Å². The maximum atomic E-state index is 6.15. The maximum absolute atomic E-state index is 6.15. The van der Waals surface area contributed by atoms with Crippen LogP contribution in [0.15, 0.2) is 22.6 Å². The zero-order valence-electron chi connectivity index (χ0n) is 10.4. The predicted molar refractivity (Wildman–Crippen MR) is 67.5 cm³/mol. The standard InChI is InChI=1S/C14H19NO/c1-8(2)13(15)14-10(4)11-6-5-9(3)7-12(11)16-14/h5-8,13H,15H2,1-4H3. The highest BCUT2D eigenvalue weighted by atomic mass is 16.3. The maximum Gasteiger partial charge on any atom is 0.134 e. The first-order chi connectivity index (χ1) is 7.50. The lowest BCUT2D eigenvalue weighted by atomic mass is 9.99. The molecule has 0 aliphatic heterocycles. The van der Waals surface area contributed by atoms with E-state index in [1.807, 2.05) is 0 Å². The molecule has 0 radical (unpaired) electrons. The van der Waals surface area contributed by atoms with Crippen molar-refractivity contribution in [2.75, 3.05) is 0 Å². The second kappa shape index (κ2) is 3.95. The monoisotopic (exact) mass is 217 g/mol. The van der Waals surface area contributed by atoms with Crippen LogP contribution in [-0.4, -0.2) is 0 Å². The minimum absolute atomic E-state index is 0.0206. The molecular weight excluding hydrogens is 198 g/mol. The van der Waals surface area contributed by atoms with Crippen LogP contribution in [0.2, 0.25) is 0 Å². The van der Waals surface area contributed by atoms with E-state index in [1.54, 1.807) is 0 Å². The summed E-state index contributed by atoms with van der Waals surface area (Å²) in [6, 6.07) is 6.27. The van der Waals surface area contributed by atoms with Gasteiger partial charge in [-0.15, -0.1) is 0 Å². The van der Waals surface area contributed by atoms with E-state index in [0.29, 0.717) is 5.92 Å². The molecule has 0 amide bonds. The zero-order chi connectivity index (χ0) is 11.9. The van der Waals surface area contributed by atoms with Gasteiger partial charge in [0.2, 0.25) is 0 Å². The van der Waals surface area contributed by atoms with Crippen molar-refractivity contribution in [1.82, 2.24) is 0 Å². The Hall–Kier alpha value is -1.28. The molecular formula is C14H19NO. The highest BCUT2D eigenvalue weighted by Gasteiger charge is 2.19. The van der Waals surface area contributed by atoms with Crippen molar-refractivity contribution in [3.8, 4) is 0 Å². The fourth-order valence-corrected chi connectivity index (χ4v) is 1.97. The van der Waals surface area contributed by atoms with Gasteiger partial charge >= 0.3 is 0 Å². The predicted octanol–water partition coefficient (Wildman–Crippen LogP) is 3.71. The van der Waals surface area contributed by atoms with Gasteiger partial charge in [-0.3, -0.25) is 0 Å². The average molecular weight is 217 g/mol. The molecule has 2 N–H and O–H groups in total. The van der Waals surface area contributed by atoms with Crippen LogP contribution in [0.1, 0.15) is 36.8 Å². The molecule has 1 aromatic heterocycles. The summed E-state index contributed by atoms with van der Waals surface area (Å²) in [4.78, 5) is 0. The van der Waals surface area contributed by atoms with E-state index >= 15 is 0 Å². The van der Waals surface area contributed by atoms with E-state index in [2.05, 4.69) is 45.9 Å². The van der Waals surface area contributed by atoms with Gasteiger partial charge < -0.3 is 10.2 Å². The second-order valence-corrected chi connectivity index (χ2v) is 4.86. The molecule has 0 fully saturated rings. The molecule has 16 heavy (non-hydrogen) atoms. The van der Waals surface area contributed by atoms with Crippen LogP contribution in [0.25, 0.3) is 11.0 Å². The quantitative estimate of drug-likeness (QED) is 0.833. The summed E-state index contributed by atoms with van der Waals surface area (Å²) in [6.07, 6.45) is 0. The molecule has 0 bridgehead atoms. The lowest BCUT2D eigenvalue weighted by Gasteiger charge is -2.13. The molecule has 86 valence electrons. The van der Waals surface area contributed by atoms with E-state index < -0.39 is 0 Å². The third-order valence-electron chi connectivity index (χ3n) is 3.15. The first-order valence-electron chi connectivity index (χ1n) is 5.76. The van der Waals surface area contributed by atoms with Gasteiger partial charge in [-0.2, -0.15) is 0 Å². The first kappa shape index (κ1) is 11.2. The number of hydrogen-bond donors (Lipinski definition) is 1. The Bertz CT molecular complexity index is 511. The lowest BCUT2D eigenvalue weighted by molar-refractivity contribution is 0.415. The number of fused-ring (bicyclic) bond motifs is 1. The van der Waals surface area contributed by atoms with Crippen molar-refractivity contribution in [2.24, 2.45) is 11.7 Å². The Morgan fingerprint density at radius 3 is 2.50 bits per heavy atom. The molecule has 0 saturated carbocycles. The number of furan rings is 1. The van der Waals surface area contributed by atoms with Gasteiger partial charge in [0.05, 0.1) is 6.04 Å². The van der Waals surface area contributed by atoms with Crippen molar-refractivity contribution < 1.29 is 4.42 Å². The molecule has 2 nitrogen and oxygen atoms in total. The Balaban J connectivity index is 2.60. The van der Waals surface area contributed by atoms with Gasteiger partial charge in [0.1, 0.15) is 11.3 Å². The SMILES string of the molecule is Cc1ccc2c(C)c(C(N)C(C)C)oc2c1. The van der Waals surface area contributed by atoms with Crippen molar-refractivity contribution in [3.63, 3.8) is 0 Å². The molecule has 2 rings (SSSR count). The summed E-state index contributed by atoms with van der Waals surface area (Å²) in [5.41, 5.74) is 9.49. The molecule has 0 saturated heterocycles. The van der Waals surface area contributed by atoms with Gasteiger partial charge in [-0.25, -0.2) is 0 Å². The number of benzene rings is 1. The molecule has 1 aromatic carbocycles. The Morgan fingerprint density at radius 1 is 1.19 bits per heavy atom. The lowest BCUT2D eigenvalue weighted by Crippen LogP contribution is -2.16. The summed E-state index contributed by atoms with van der Waals surface area (Å²) < 4.78 is 5.88. The Labute approximate surface area is 96.4 Å². The van der Waals surface area contributed by atoms with E-state index in [0.717, 1.165) is 11.3 Å². The second-order valence-electron chi connectivity index (χ2n) is 4.86. The molecule has 1 atom stereocenters. The molecule has 0 spiro atoms. The smallest absolute Gasteiger partial charge is 0.134 e. The van der Waals surface area contributed by atoms with Crippen molar-refractivity contribution in [2.45, 2.75) is 33.7 Å². The normalized spacial score (nSPS) is 13.6. The summed E-state index contributed by atoms with van der Waals surface area (Å²) in [5.74, 6) is 1.32. The van der Waals surface area contributed by atoms with Crippen LogP contribution in [0, 0.1) is 19.8 Å². The fourth-order valence-electron chi connectivity index (χ4n) is 1.97. The van der Waals surface area contributed by atoms with Crippen LogP contribution in [-0.2, 0) is 0 Å². The molecule has 1 unspecified atom stereocenters. The van der Waals surface area contributed by atoms with E-state index in [-0.39, 0.29) is 6.04 Å². The van der Waals surface area contributed by atoms with Crippen LogP contribution >= 0.6 is 0 Å². The van der Waals surface area contributed by atoms with Crippen LogP contribution in [0.4, 0.5) is 0 Å². The summed E-state index contributed by atoms with van der Waals surface area (Å²) in [6.45, 7) is 8.38. The minimum atomic E-state index is -0.0206. The van der Waals surface area contributed by atoms with Gasteiger partial charge in [0.15, 0.2) is 0 Å². The van der Waals surface area contributed by atoms with Crippen molar-refractivity contribution in [1.29, 1.82) is 0 Å². The zero-order valence-corrected chi connectivity index (χ0v) is 10.4. The topological polar surface area (TPSA) is 39.2 Å². The van der Waals surface area contributed by atoms with E-state index in [4.69, 9.17) is 10.2 Å². The van der Waals surface area contributed by atoms with Gasteiger partial charge in [0, 0.05) is 5.39 Å². The van der Waals surface area contributed by atoms with Crippen molar-refractivity contribution >= 4 is 11.0 Å². The highest BCUT2D eigenvalue weighted by Crippen LogP contribution is 2.31. The molecule has 1 heterocycles. The summed E-state index contributed by atoms with van der Waals surface area (Å²) in [7, 11) is 0. The molecule has 0 aliphatic rings. The van der Waals surface area contributed by atoms with Crippen LogP contribution in [0.3, 0.4) is 0 Å². The fraction of sp³-hybridized carbons (Fsp3) is 0.429. The summed E-state index contributed by atoms with van der Waals surface area (Å²) in [5, 5.41) is 1.18. The number of rotatable bonds is 2. The average Bonchev–Trinajstić information content (AvgIpc) is 2.54.